The molecule has 0 aliphatic carbocycles. The maximum absolute atomic E-state index is 6.24. The summed E-state index contributed by atoms with van der Waals surface area (Å²) in [5, 5.41) is 4.31. The molecule has 0 aliphatic rings. The van der Waals surface area contributed by atoms with Crippen molar-refractivity contribution in [2.45, 2.75) is 32.4 Å². The predicted octanol–water partition coefficient (Wildman–Crippen LogP) is 2.54. The van der Waals surface area contributed by atoms with Gasteiger partial charge < -0.3 is 5.73 Å². The second-order valence-corrected chi connectivity index (χ2v) is 4.28. The standard InChI is InChI=1S/C14H19N3/c1-2-10-17-14(8-9-16-17)13(15)11-12-6-4-3-5-7-12/h3-9,13H,2,10-11,15H2,1H3. The van der Waals surface area contributed by atoms with Crippen LogP contribution in [0, 0.1) is 0 Å². The van der Waals surface area contributed by atoms with Crippen molar-refractivity contribution in [3.63, 3.8) is 0 Å². The van der Waals surface area contributed by atoms with Crippen LogP contribution < -0.4 is 5.73 Å². The van der Waals surface area contributed by atoms with Crippen molar-refractivity contribution < 1.29 is 0 Å². The molecule has 1 heterocycles. The Bertz CT molecular complexity index is 448. The third-order valence-corrected chi connectivity index (χ3v) is 2.86. The van der Waals surface area contributed by atoms with Crippen LogP contribution in [-0.4, -0.2) is 9.78 Å². The van der Waals surface area contributed by atoms with Crippen molar-refractivity contribution in [3.8, 4) is 0 Å². The fourth-order valence-electron chi connectivity index (χ4n) is 2.03. The van der Waals surface area contributed by atoms with Gasteiger partial charge in [-0.05, 0) is 24.5 Å². The molecule has 1 aromatic heterocycles. The van der Waals surface area contributed by atoms with E-state index in [0.29, 0.717) is 0 Å². The Labute approximate surface area is 102 Å². The molecule has 1 atom stereocenters. The Hall–Kier alpha value is -1.61. The van der Waals surface area contributed by atoms with Gasteiger partial charge in [-0.15, -0.1) is 0 Å². The summed E-state index contributed by atoms with van der Waals surface area (Å²) < 4.78 is 2.01. The SMILES string of the molecule is CCCn1nccc1C(N)Cc1ccccc1. The van der Waals surface area contributed by atoms with E-state index in [2.05, 4.69) is 24.2 Å². The van der Waals surface area contributed by atoms with Crippen LogP contribution >= 0.6 is 0 Å². The topological polar surface area (TPSA) is 43.8 Å². The van der Waals surface area contributed by atoms with Gasteiger partial charge in [0.2, 0.25) is 0 Å². The summed E-state index contributed by atoms with van der Waals surface area (Å²) in [5.74, 6) is 0. The highest BCUT2D eigenvalue weighted by molar-refractivity contribution is 5.18. The lowest BCUT2D eigenvalue weighted by molar-refractivity contribution is 0.538. The van der Waals surface area contributed by atoms with E-state index >= 15 is 0 Å². The fraction of sp³-hybridized carbons (Fsp3) is 0.357. The fourth-order valence-corrected chi connectivity index (χ4v) is 2.03. The van der Waals surface area contributed by atoms with Crippen LogP contribution in [0.25, 0.3) is 0 Å². The highest BCUT2D eigenvalue weighted by atomic mass is 15.3. The molecule has 3 nitrogen and oxygen atoms in total. The average Bonchev–Trinajstić information content (AvgIpc) is 2.79. The highest BCUT2D eigenvalue weighted by Gasteiger charge is 2.11. The van der Waals surface area contributed by atoms with Crippen LogP contribution in [-0.2, 0) is 13.0 Å². The Balaban J connectivity index is 2.09. The number of aryl methyl sites for hydroxylation is 1. The molecule has 1 unspecified atom stereocenters. The normalized spacial score (nSPS) is 12.6. The Morgan fingerprint density at radius 2 is 2.00 bits per heavy atom. The first kappa shape index (κ1) is 11.9. The van der Waals surface area contributed by atoms with Crippen molar-refractivity contribution in [2.75, 3.05) is 0 Å². The highest BCUT2D eigenvalue weighted by Crippen LogP contribution is 2.15. The van der Waals surface area contributed by atoms with Gasteiger partial charge in [-0.1, -0.05) is 37.3 Å². The third kappa shape index (κ3) is 2.94. The molecule has 0 aliphatic heterocycles. The van der Waals surface area contributed by atoms with Gasteiger partial charge >= 0.3 is 0 Å². The summed E-state index contributed by atoms with van der Waals surface area (Å²) in [6, 6.07) is 12.4. The van der Waals surface area contributed by atoms with Gasteiger partial charge in [0.15, 0.2) is 0 Å². The van der Waals surface area contributed by atoms with E-state index in [-0.39, 0.29) is 6.04 Å². The first-order valence-electron chi connectivity index (χ1n) is 6.12. The number of aromatic nitrogens is 2. The van der Waals surface area contributed by atoms with E-state index in [9.17, 15) is 0 Å². The summed E-state index contributed by atoms with van der Waals surface area (Å²) >= 11 is 0. The minimum Gasteiger partial charge on any atom is -0.322 e. The van der Waals surface area contributed by atoms with Crippen molar-refractivity contribution in [3.05, 3.63) is 53.9 Å². The molecule has 0 spiro atoms. The molecule has 0 saturated heterocycles. The summed E-state index contributed by atoms with van der Waals surface area (Å²) in [6.07, 6.45) is 3.76. The average molecular weight is 229 g/mol. The van der Waals surface area contributed by atoms with Crippen molar-refractivity contribution >= 4 is 0 Å². The van der Waals surface area contributed by atoms with Crippen LogP contribution in [0.4, 0.5) is 0 Å². The van der Waals surface area contributed by atoms with E-state index in [1.165, 1.54) is 5.56 Å². The second-order valence-electron chi connectivity index (χ2n) is 4.28. The summed E-state index contributed by atoms with van der Waals surface area (Å²) in [7, 11) is 0. The molecule has 2 aromatic rings. The van der Waals surface area contributed by atoms with Crippen molar-refractivity contribution in [1.82, 2.24) is 9.78 Å². The van der Waals surface area contributed by atoms with Crippen LogP contribution in [0.15, 0.2) is 42.6 Å². The minimum absolute atomic E-state index is 0.0199. The van der Waals surface area contributed by atoms with Crippen LogP contribution in [0.5, 0.6) is 0 Å². The maximum atomic E-state index is 6.24. The van der Waals surface area contributed by atoms with E-state index in [4.69, 9.17) is 5.73 Å². The van der Waals surface area contributed by atoms with E-state index in [1.54, 1.807) is 0 Å². The quantitative estimate of drug-likeness (QED) is 0.856. The molecule has 2 N–H and O–H groups in total. The van der Waals surface area contributed by atoms with Gasteiger partial charge in [-0.25, -0.2) is 0 Å². The summed E-state index contributed by atoms with van der Waals surface area (Å²) in [6.45, 7) is 3.08. The zero-order chi connectivity index (χ0) is 12.1. The van der Waals surface area contributed by atoms with E-state index in [0.717, 1.165) is 25.1 Å². The van der Waals surface area contributed by atoms with Crippen LogP contribution in [0.1, 0.15) is 30.6 Å². The van der Waals surface area contributed by atoms with Crippen molar-refractivity contribution in [2.24, 2.45) is 5.73 Å². The minimum atomic E-state index is 0.0199. The zero-order valence-electron chi connectivity index (χ0n) is 10.2. The molecule has 17 heavy (non-hydrogen) atoms. The van der Waals surface area contributed by atoms with Gasteiger partial charge in [0.05, 0.1) is 11.7 Å². The molecule has 0 bridgehead atoms. The molecule has 2 rings (SSSR count). The molecule has 0 radical (unpaired) electrons. The van der Waals surface area contributed by atoms with Crippen LogP contribution in [0.3, 0.4) is 0 Å². The van der Waals surface area contributed by atoms with Gasteiger partial charge in [-0.2, -0.15) is 5.10 Å². The maximum Gasteiger partial charge on any atom is 0.0554 e. The van der Waals surface area contributed by atoms with Gasteiger partial charge in [0, 0.05) is 12.7 Å². The molecule has 0 saturated carbocycles. The van der Waals surface area contributed by atoms with Crippen LogP contribution in [0.2, 0.25) is 0 Å². The monoisotopic (exact) mass is 229 g/mol. The number of nitrogens with two attached hydrogens (primary N) is 1. The molecule has 3 heteroatoms. The Morgan fingerprint density at radius 1 is 1.24 bits per heavy atom. The third-order valence-electron chi connectivity index (χ3n) is 2.86. The number of hydrogen-bond acceptors (Lipinski definition) is 2. The Kier molecular flexibility index (Phi) is 3.94. The van der Waals surface area contributed by atoms with Gasteiger partial charge in [0.25, 0.3) is 0 Å². The van der Waals surface area contributed by atoms with Gasteiger partial charge in [0.1, 0.15) is 0 Å². The van der Waals surface area contributed by atoms with Crippen molar-refractivity contribution in [1.29, 1.82) is 0 Å². The first-order chi connectivity index (χ1) is 8.31. The lowest BCUT2D eigenvalue weighted by Crippen LogP contribution is -2.18. The second kappa shape index (κ2) is 5.64. The molecule has 1 aromatic carbocycles. The number of benzene rings is 1. The summed E-state index contributed by atoms with van der Waals surface area (Å²) in [5.41, 5.74) is 8.63. The summed E-state index contributed by atoms with van der Waals surface area (Å²) in [4.78, 5) is 0. The Morgan fingerprint density at radius 3 is 2.71 bits per heavy atom. The molecule has 0 fully saturated rings. The van der Waals surface area contributed by atoms with Gasteiger partial charge in [-0.3, -0.25) is 4.68 Å². The first-order valence-corrected chi connectivity index (χ1v) is 6.12. The number of rotatable bonds is 5. The smallest absolute Gasteiger partial charge is 0.0554 e. The predicted molar refractivity (Wildman–Crippen MR) is 69.6 cm³/mol. The lowest BCUT2D eigenvalue weighted by atomic mass is 10.0. The number of hydrogen-bond donors (Lipinski definition) is 1. The number of nitrogens with zero attached hydrogens (tertiary/aromatic N) is 2. The molecular weight excluding hydrogens is 210 g/mol. The lowest BCUT2D eigenvalue weighted by Gasteiger charge is -2.14. The van der Waals surface area contributed by atoms with E-state index < -0.39 is 0 Å². The molecule has 0 amide bonds. The molecule has 90 valence electrons. The van der Waals surface area contributed by atoms with E-state index in [1.807, 2.05) is 35.1 Å². The largest absolute Gasteiger partial charge is 0.322 e. The molecular formula is C14H19N3. The zero-order valence-corrected chi connectivity index (χ0v) is 10.2.